The van der Waals surface area contributed by atoms with Crippen LogP contribution in [0.5, 0.6) is 0 Å². The molecule has 2 amide bonds. The maximum absolute atomic E-state index is 12.5. The van der Waals surface area contributed by atoms with Gasteiger partial charge in [-0.15, -0.1) is 0 Å². The number of amides is 2. The number of rotatable bonds is 6. The lowest BCUT2D eigenvalue weighted by Crippen LogP contribution is -2.51. The van der Waals surface area contributed by atoms with Gasteiger partial charge < -0.3 is 14.5 Å². The highest BCUT2D eigenvalue weighted by Gasteiger charge is 2.39. The number of ether oxygens (including phenoxy) is 1. The zero-order valence-electron chi connectivity index (χ0n) is 17.2. The molecule has 1 saturated heterocycles. The molecule has 3 atom stereocenters. The lowest BCUT2D eigenvalue weighted by atomic mass is 9.83. The minimum atomic E-state index is -1.11. The molecule has 3 rings (SSSR count). The molecule has 3 unspecified atom stereocenters. The van der Waals surface area contributed by atoms with Gasteiger partial charge in [0, 0.05) is 32.9 Å². The highest BCUT2D eigenvalue weighted by atomic mass is 32.2. The van der Waals surface area contributed by atoms with Gasteiger partial charge in [-0.05, 0) is 43.6 Å². The summed E-state index contributed by atoms with van der Waals surface area (Å²) in [5.41, 5.74) is 1.43. The van der Waals surface area contributed by atoms with Gasteiger partial charge in [0.15, 0.2) is 0 Å². The van der Waals surface area contributed by atoms with Gasteiger partial charge in [0.05, 0.1) is 29.7 Å². The average Bonchev–Trinajstić information content (AvgIpc) is 3.08. The lowest BCUT2D eigenvalue weighted by Gasteiger charge is -2.33. The molecule has 7 heteroatoms. The van der Waals surface area contributed by atoms with Gasteiger partial charge in [0.2, 0.25) is 0 Å². The number of nitrogens with one attached hydrogen (secondary N) is 1. The lowest BCUT2D eigenvalue weighted by molar-refractivity contribution is -0.00201. The number of hydrogen-bond donors (Lipinski definition) is 1. The van der Waals surface area contributed by atoms with Crippen molar-refractivity contribution < 1.29 is 13.7 Å². The Labute approximate surface area is 171 Å². The van der Waals surface area contributed by atoms with Crippen molar-refractivity contribution >= 4 is 17.0 Å². The van der Waals surface area contributed by atoms with E-state index in [1.807, 2.05) is 4.90 Å². The largest absolute Gasteiger partial charge is 0.376 e. The summed E-state index contributed by atoms with van der Waals surface area (Å²) >= 11 is 0. The van der Waals surface area contributed by atoms with Crippen LogP contribution in [0.25, 0.3) is 0 Å². The Hall–Kier alpha value is -1.44. The summed E-state index contributed by atoms with van der Waals surface area (Å²) in [7, 11) is 2.43. The Bertz CT molecular complexity index is 662. The number of likely N-dealkylation sites (tertiary alicyclic amines) is 1. The first-order chi connectivity index (χ1) is 13.5. The highest BCUT2D eigenvalue weighted by Crippen LogP contribution is 2.34. The summed E-state index contributed by atoms with van der Waals surface area (Å²) in [5, 5.41) is 0. The van der Waals surface area contributed by atoms with E-state index in [1.165, 1.54) is 5.56 Å². The molecule has 28 heavy (non-hydrogen) atoms. The van der Waals surface area contributed by atoms with Crippen molar-refractivity contribution in [2.75, 3.05) is 33.5 Å². The van der Waals surface area contributed by atoms with Crippen molar-refractivity contribution in [2.24, 2.45) is 0 Å². The molecule has 1 aliphatic heterocycles. The Kier molecular flexibility index (Phi) is 7.48. The molecule has 1 aromatic rings. The van der Waals surface area contributed by atoms with Crippen molar-refractivity contribution in [3.05, 3.63) is 35.9 Å². The summed E-state index contributed by atoms with van der Waals surface area (Å²) in [6, 6.07) is 10.6. The molecule has 1 N–H and O–H groups in total. The second kappa shape index (κ2) is 9.85. The fourth-order valence-corrected chi connectivity index (χ4v) is 5.13. The van der Waals surface area contributed by atoms with Gasteiger partial charge in [-0.2, -0.15) is 0 Å². The van der Waals surface area contributed by atoms with Crippen LogP contribution in [0.2, 0.25) is 0 Å². The number of urea groups is 1. The fourth-order valence-electron chi connectivity index (χ4n) is 4.43. The molecule has 1 heterocycles. The third kappa shape index (κ3) is 5.33. The molecule has 1 aliphatic carbocycles. The Morgan fingerprint density at radius 3 is 2.46 bits per heavy atom. The number of benzene rings is 1. The maximum atomic E-state index is 12.5. The van der Waals surface area contributed by atoms with E-state index in [0.717, 1.165) is 32.1 Å². The van der Waals surface area contributed by atoms with Crippen molar-refractivity contribution in [1.82, 2.24) is 14.5 Å². The summed E-state index contributed by atoms with van der Waals surface area (Å²) in [4.78, 5) is 16.0. The monoisotopic (exact) mass is 407 g/mol. The van der Waals surface area contributed by atoms with Crippen LogP contribution in [0.15, 0.2) is 30.3 Å². The van der Waals surface area contributed by atoms with E-state index in [9.17, 15) is 9.00 Å². The molecule has 0 bridgehead atoms. The zero-order valence-corrected chi connectivity index (χ0v) is 18.0. The second-order valence-electron chi connectivity index (χ2n) is 8.12. The standard InChI is InChI=1S/C21H33N3O3S/c1-23(2)21(25)24-14-13-19(22-28(3)26)20(24)15-27-18-11-9-17(10-12-18)16-7-5-4-6-8-16/h4-8,17-20,22H,9-15H2,1-3H3. The van der Waals surface area contributed by atoms with Gasteiger partial charge in [0.1, 0.15) is 0 Å². The first-order valence-electron chi connectivity index (χ1n) is 10.2. The van der Waals surface area contributed by atoms with E-state index in [1.54, 1.807) is 25.3 Å². The number of nitrogens with zero attached hydrogens (tertiary/aromatic N) is 2. The fraction of sp³-hybridized carbons (Fsp3) is 0.667. The third-order valence-corrected chi connectivity index (χ3v) is 6.57. The smallest absolute Gasteiger partial charge is 0.319 e. The van der Waals surface area contributed by atoms with E-state index in [-0.39, 0.29) is 24.2 Å². The van der Waals surface area contributed by atoms with Crippen molar-refractivity contribution in [2.45, 2.75) is 56.2 Å². The first-order valence-corrected chi connectivity index (χ1v) is 11.8. The van der Waals surface area contributed by atoms with Gasteiger partial charge in [0.25, 0.3) is 0 Å². The van der Waals surface area contributed by atoms with Crippen LogP contribution in [0.1, 0.15) is 43.6 Å². The van der Waals surface area contributed by atoms with Crippen LogP contribution in [0.3, 0.4) is 0 Å². The van der Waals surface area contributed by atoms with E-state index in [4.69, 9.17) is 4.74 Å². The highest BCUT2D eigenvalue weighted by molar-refractivity contribution is 7.82. The predicted octanol–water partition coefficient (Wildman–Crippen LogP) is 2.74. The van der Waals surface area contributed by atoms with Crippen LogP contribution in [0.4, 0.5) is 4.79 Å². The quantitative estimate of drug-likeness (QED) is 0.789. The molecule has 0 radical (unpaired) electrons. The van der Waals surface area contributed by atoms with Crippen LogP contribution < -0.4 is 4.72 Å². The number of carbonyl (C=O) groups excluding carboxylic acids is 1. The minimum Gasteiger partial charge on any atom is -0.376 e. The Morgan fingerprint density at radius 1 is 1.18 bits per heavy atom. The van der Waals surface area contributed by atoms with E-state index in [0.29, 0.717) is 19.1 Å². The predicted molar refractivity (Wildman–Crippen MR) is 113 cm³/mol. The van der Waals surface area contributed by atoms with Crippen molar-refractivity contribution in [3.63, 3.8) is 0 Å². The molecular weight excluding hydrogens is 374 g/mol. The van der Waals surface area contributed by atoms with Crippen molar-refractivity contribution in [3.8, 4) is 0 Å². The van der Waals surface area contributed by atoms with Crippen LogP contribution in [-0.4, -0.2) is 71.7 Å². The van der Waals surface area contributed by atoms with Crippen LogP contribution in [0, 0.1) is 0 Å². The van der Waals surface area contributed by atoms with Crippen LogP contribution in [-0.2, 0) is 15.7 Å². The normalized spacial score (nSPS) is 28.9. The first kappa shape index (κ1) is 21.3. The zero-order chi connectivity index (χ0) is 20.1. The molecule has 0 aromatic heterocycles. The molecule has 2 aliphatic rings. The van der Waals surface area contributed by atoms with E-state index < -0.39 is 11.0 Å². The minimum absolute atomic E-state index is 0.00688. The summed E-state index contributed by atoms with van der Waals surface area (Å²) < 4.78 is 21.1. The SMILES string of the molecule is CN(C)C(=O)N1CCC(NS(C)=O)C1COC1CCC(c2ccccc2)CC1. The Balaban J connectivity index is 1.54. The summed E-state index contributed by atoms with van der Waals surface area (Å²) in [5.74, 6) is 0.622. The molecule has 156 valence electrons. The summed E-state index contributed by atoms with van der Waals surface area (Å²) in [6.45, 7) is 1.16. The number of carbonyl (C=O) groups is 1. The van der Waals surface area contributed by atoms with E-state index in [2.05, 4.69) is 35.1 Å². The molecule has 0 spiro atoms. The van der Waals surface area contributed by atoms with Gasteiger partial charge >= 0.3 is 6.03 Å². The average molecular weight is 408 g/mol. The van der Waals surface area contributed by atoms with Gasteiger partial charge in [-0.3, -0.25) is 0 Å². The van der Waals surface area contributed by atoms with Gasteiger partial charge in [-0.25, -0.2) is 13.7 Å². The summed E-state index contributed by atoms with van der Waals surface area (Å²) in [6.07, 6.45) is 7.05. The Morgan fingerprint density at radius 2 is 1.86 bits per heavy atom. The molecule has 2 fully saturated rings. The van der Waals surface area contributed by atoms with Crippen LogP contribution >= 0.6 is 0 Å². The second-order valence-corrected chi connectivity index (χ2v) is 9.27. The third-order valence-electron chi connectivity index (χ3n) is 5.94. The molecular formula is C21H33N3O3S. The topological polar surface area (TPSA) is 61.9 Å². The van der Waals surface area contributed by atoms with E-state index >= 15 is 0 Å². The van der Waals surface area contributed by atoms with Crippen molar-refractivity contribution in [1.29, 1.82) is 0 Å². The number of hydrogen-bond acceptors (Lipinski definition) is 3. The molecule has 1 saturated carbocycles. The maximum Gasteiger partial charge on any atom is 0.319 e. The molecule has 6 nitrogen and oxygen atoms in total. The molecule has 1 aromatic carbocycles. The van der Waals surface area contributed by atoms with Gasteiger partial charge in [-0.1, -0.05) is 30.3 Å².